The van der Waals surface area contributed by atoms with Gasteiger partial charge in [-0.1, -0.05) is 91.3 Å². The molecule has 4 fully saturated rings. The molecule has 5 amide bonds. The van der Waals surface area contributed by atoms with E-state index < -0.39 is 64.6 Å². The number of nitrogens with one attached hydrogen (secondary N) is 3. The van der Waals surface area contributed by atoms with Crippen molar-refractivity contribution in [3.8, 4) is 11.1 Å². The Bertz CT molecular complexity index is 3340. The Morgan fingerprint density at radius 3 is 2.03 bits per heavy atom. The standard InChI is InChI=1S/C71H85F7N8O8/c1-82(41-42-84-36-26-58(27-37-84)94-67(91)81-61-18-10-8-16-59(61)50-13-4-2-5-14-50)64(88)19-6-3-11-33-83-34-24-51(25-35-83)65(89)80-32-12-31-79-63(87)47-92-62-45-52-15-7-9-17-60(52)68(62)28-38-85(39-29-68)40-30-69(54-20-22-57(72)23-21-54)48-86(49-93-69)66(90)53-43-55(70(73,74)75)46-56(44-53)71(76,77)78/h2,4-5,7-10,13-18,20-23,43-44,46,51,58,62H,3,6,11-12,19,24-42,45,47-49H2,1H3,(H,79,87)(H,80,89)(H,81,91)/t62-,69-/m0/s1. The molecule has 0 aromatic heterocycles. The molecule has 506 valence electrons. The van der Waals surface area contributed by atoms with Gasteiger partial charge >= 0.3 is 18.4 Å². The van der Waals surface area contributed by atoms with Crippen LogP contribution in [0.25, 0.3) is 11.1 Å². The zero-order chi connectivity index (χ0) is 66.5. The number of hydrogen-bond donors (Lipinski definition) is 3. The van der Waals surface area contributed by atoms with Crippen molar-refractivity contribution in [3.63, 3.8) is 0 Å². The highest BCUT2D eigenvalue weighted by Crippen LogP contribution is 2.48. The molecule has 23 heteroatoms. The molecule has 2 atom stereocenters. The van der Waals surface area contributed by atoms with Gasteiger partial charge in [-0.2, -0.15) is 26.3 Å². The summed E-state index contributed by atoms with van der Waals surface area (Å²) >= 11 is 0. The van der Waals surface area contributed by atoms with E-state index in [2.05, 4.69) is 42.8 Å². The predicted octanol–water partition coefficient (Wildman–Crippen LogP) is 11.3. The summed E-state index contributed by atoms with van der Waals surface area (Å²) in [6, 6.07) is 32.0. The fraction of sp³-hybridized carbons (Fsp3) is 0.507. The van der Waals surface area contributed by atoms with Crippen LogP contribution in [0.2, 0.25) is 0 Å². The highest BCUT2D eigenvalue weighted by atomic mass is 19.4. The van der Waals surface area contributed by atoms with Gasteiger partial charge in [-0.05, 0) is 162 Å². The number of unbranched alkanes of at least 4 members (excludes halogenated alkanes) is 2. The lowest BCUT2D eigenvalue weighted by molar-refractivity contribution is -0.143. The number of ether oxygens (including phenoxy) is 3. The van der Waals surface area contributed by atoms with Crippen molar-refractivity contribution in [3.05, 3.63) is 161 Å². The van der Waals surface area contributed by atoms with Crippen molar-refractivity contribution in [1.82, 2.24) is 35.1 Å². The van der Waals surface area contributed by atoms with Gasteiger partial charge in [0, 0.05) is 81.7 Å². The van der Waals surface area contributed by atoms with Crippen LogP contribution in [0.15, 0.2) is 121 Å². The molecule has 0 radical (unpaired) electrons. The Labute approximate surface area is 544 Å². The van der Waals surface area contributed by atoms with E-state index >= 15 is 0 Å². The minimum atomic E-state index is -5.14. The van der Waals surface area contributed by atoms with Gasteiger partial charge in [-0.25, -0.2) is 9.18 Å². The van der Waals surface area contributed by atoms with Gasteiger partial charge in [0.25, 0.3) is 5.91 Å². The lowest BCUT2D eigenvalue weighted by Crippen LogP contribution is -2.49. The fourth-order valence-corrected chi connectivity index (χ4v) is 14.0. The van der Waals surface area contributed by atoms with E-state index in [0.717, 1.165) is 106 Å². The first-order valence-electron chi connectivity index (χ1n) is 32.9. The number of alkyl halides is 6. The molecule has 4 heterocycles. The Morgan fingerprint density at radius 2 is 1.32 bits per heavy atom. The van der Waals surface area contributed by atoms with E-state index in [1.165, 1.54) is 29.8 Å². The number of likely N-dealkylation sites (tertiary alicyclic amines) is 3. The number of benzene rings is 5. The van der Waals surface area contributed by atoms with Crippen LogP contribution in [0.4, 0.5) is 41.2 Å². The van der Waals surface area contributed by atoms with Crippen LogP contribution in [-0.2, 0) is 58.4 Å². The first-order chi connectivity index (χ1) is 45.1. The number of hydrogen-bond acceptors (Lipinski definition) is 11. The maximum atomic E-state index is 14.2. The maximum absolute atomic E-state index is 14.2. The molecule has 94 heavy (non-hydrogen) atoms. The number of anilines is 1. The molecule has 5 aromatic carbocycles. The quantitative estimate of drug-likeness (QED) is 0.0376. The number of carbonyl (C=O) groups is 5. The van der Waals surface area contributed by atoms with Crippen molar-refractivity contribution in [2.75, 3.05) is 111 Å². The van der Waals surface area contributed by atoms with Crippen molar-refractivity contribution >= 4 is 35.4 Å². The molecule has 10 rings (SSSR count). The van der Waals surface area contributed by atoms with Crippen LogP contribution in [0.3, 0.4) is 0 Å². The molecule has 4 saturated heterocycles. The normalized spacial score (nSPS) is 19.8. The summed E-state index contributed by atoms with van der Waals surface area (Å²) in [5.74, 6) is -1.76. The van der Waals surface area contributed by atoms with Gasteiger partial charge in [-0.15, -0.1) is 0 Å². The molecule has 5 aliphatic rings. The van der Waals surface area contributed by atoms with E-state index in [1.807, 2.05) is 78.7 Å². The van der Waals surface area contributed by atoms with Crippen LogP contribution in [0.5, 0.6) is 0 Å². The number of para-hydroxylation sites is 1. The summed E-state index contributed by atoms with van der Waals surface area (Å²) in [5, 5.41) is 8.93. The van der Waals surface area contributed by atoms with E-state index in [9.17, 15) is 54.7 Å². The molecule has 4 aliphatic heterocycles. The first-order valence-corrected chi connectivity index (χ1v) is 32.9. The number of likely N-dealkylation sites (N-methyl/N-ethyl adjacent to an activating group) is 1. The number of rotatable bonds is 25. The average molecular weight is 1310 g/mol. The zero-order valence-electron chi connectivity index (χ0n) is 53.2. The molecule has 0 bridgehead atoms. The molecule has 1 spiro atoms. The van der Waals surface area contributed by atoms with Crippen molar-refractivity contribution in [1.29, 1.82) is 0 Å². The molecule has 16 nitrogen and oxygen atoms in total. The van der Waals surface area contributed by atoms with Gasteiger partial charge < -0.3 is 49.3 Å². The van der Waals surface area contributed by atoms with Crippen LogP contribution < -0.4 is 16.0 Å². The summed E-state index contributed by atoms with van der Waals surface area (Å²) in [5.41, 5.74) is -0.185. The maximum Gasteiger partial charge on any atom is 0.416 e. The number of nitrogens with zero attached hydrogens (tertiary/aromatic N) is 5. The van der Waals surface area contributed by atoms with Crippen LogP contribution >= 0.6 is 0 Å². The first kappa shape index (κ1) is 69.4. The molecule has 0 saturated carbocycles. The molecular formula is C71H85F7N8O8. The number of piperidine rings is 3. The Hall–Kier alpha value is -7.44. The van der Waals surface area contributed by atoms with E-state index in [1.54, 1.807) is 0 Å². The molecule has 5 aromatic rings. The SMILES string of the molecule is CN(CCN1CCC(OC(=O)Nc2ccccc2-c2ccccc2)CC1)C(=O)CCCCCN1CCC(C(=O)NCCCNC(=O)CO[C@H]2Cc3ccccc3C23CCN(CC[C@@]2(c4ccc(F)cc4)CN(C(=O)c4cc(C(F)(F)F)cc(C(F)(F)F)c4)CO2)CC3)CC1. The van der Waals surface area contributed by atoms with Crippen molar-refractivity contribution in [2.45, 2.75) is 119 Å². The molecule has 1 aliphatic carbocycles. The summed E-state index contributed by atoms with van der Waals surface area (Å²) in [6.07, 6.45) is -2.13. The Morgan fingerprint density at radius 1 is 0.681 bits per heavy atom. The van der Waals surface area contributed by atoms with Crippen molar-refractivity contribution < 1.29 is 68.9 Å². The lowest BCUT2D eigenvalue weighted by atomic mass is 9.72. The largest absolute Gasteiger partial charge is 0.446 e. The predicted molar refractivity (Wildman–Crippen MR) is 341 cm³/mol. The van der Waals surface area contributed by atoms with E-state index in [0.29, 0.717) is 94.8 Å². The third-order valence-electron chi connectivity index (χ3n) is 19.5. The monoisotopic (exact) mass is 1310 g/mol. The van der Waals surface area contributed by atoms with Crippen molar-refractivity contribution in [2.24, 2.45) is 5.92 Å². The molecule has 0 unspecified atom stereocenters. The van der Waals surface area contributed by atoms with Gasteiger partial charge in [0.15, 0.2) is 0 Å². The highest BCUT2D eigenvalue weighted by Gasteiger charge is 2.50. The second kappa shape index (κ2) is 31.4. The van der Waals surface area contributed by atoms with Gasteiger partial charge in [0.05, 0.1) is 29.5 Å². The van der Waals surface area contributed by atoms with Crippen LogP contribution in [0, 0.1) is 11.7 Å². The fourth-order valence-electron chi connectivity index (χ4n) is 14.0. The number of fused-ring (bicyclic) bond motifs is 2. The summed E-state index contributed by atoms with van der Waals surface area (Å²) < 4.78 is 115. The van der Waals surface area contributed by atoms with Gasteiger partial charge in [0.2, 0.25) is 17.7 Å². The zero-order valence-corrected chi connectivity index (χ0v) is 53.2. The Balaban J connectivity index is 0.579. The minimum absolute atomic E-state index is 0.0256. The molecule has 3 N–H and O–H groups in total. The highest BCUT2D eigenvalue weighted by molar-refractivity contribution is 5.95. The topological polar surface area (TPSA) is 165 Å². The third kappa shape index (κ3) is 17.9. The smallest absolute Gasteiger partial charge is 0.416 e. The lowest BCUT2D eigenvalue weighted by Gasteiger charge is -2.44. The Kier molecular flexibility index (Phi) is 23.2. The summed E-state index contributed by atoms with van der Waals surface area (Å²) in [6.45, 7) is 7.26. The number of halogens is 7. The molecular weight excluding hydrogens is 1230 g/mol. The van der Waals surface area contributed by atoms with Gasteiger partial charge in [0.1, 0.15) is 30.9 Å². The summed E-state index contributed by atoms with van der Waals surface area (Å²) in [4.78, 5) is 75.8. The minimum Gasteiger partial charge on any atom is -0.446 e. The number of carbonyl (C=O) groups excluding carboxylic acids is 5. The summed E-state index contributed by atoms with van der Waals surface area (Å²) in [7, 11) is 1.86. The van der Waals surface area contributed by atoms with Crippen LogP contribution in [0.1, 0.15) is 115 Å². The van der Waals surface area contributed by atoms with Crippen LogP contribution in [-0.4, -0.2) is 172 Å². The average Bonchev–Trinajstić information content (AvgIpc) is 1.58. The second-order valence-corrected chi connectivity index (χ2v) is 25.7. The second-order valence-electron chi connectivity index (χ2n) is 25.7. The third-order valence-corrected chi connectivity index (χ3v) is 19.5. The van der Waals surface area contributed by atoms with E-state index in [-0.39, 0.29) is 61.5 Å². The van der Waals surface area contributed by atoms with E-state index in [4.69, 9.17) is 14.2 Å². The van der Waals surface area contributed by atoms with Gasteiger partial charge in [-0.3, -0.25) is 24.5 Å². The number of amides is 5.